The summed E-state index contributed by atoms with van der Waals surface area (Å²) in [5, 5.41) is 10.2. The van der Waals surface area contributed by atoms with Crippen LogP contribution in [-0.2, 0) is 20.4 Å². The Labute approximate surface area is 321 Å². The third-order valence-corrected chi connectivity index (χ3v) is 12.2. The number of methoxy groups -OCH3 is 3. The van der Waals surface area contributed by atoms with Crippen LogP contribution in [0, 0.1) is 0 Å². The number of piperidine rings is 1. The van der Waals surface area contributed by atoms with E-state index in [0.29, 0.717) is 85.0 Å². The number of halogens is 2. The van der Waals surface area contributed by atoms with Crippen LogP contribution in [0.4, 0.5) is 0 Å². The van der Waals surface area contributed by atoms with E-state index < -0.39 is 11.4 Å². The number of likely N-dealkylation sites (tertiary alicyclic amines) is 2. The molecule has 11 nitrogen and oxygen atoms in total. The molecule has 3 aromatic carbocycles. The van der Waals surface area contributed by atoms with Gasteiger partial charge in [-0.2, -0.15) is 0 Å². The lowest BCUT2D eigenvalue weighted by atomic mass is 9.71. The highest BCUT2D eigenvalue weighted by molar-refractivity contribution is 6.42. The zero-order valence-corrected chi connectivity index (χ0v) is 32.1. The van der Waals surface area contributed by atoms with Crippen molar-refractivity contribution in [1.29, 1.82) is 0 Å². The average molecular weight is 768 g/mol. The average Bonchev–Trinajstić information content (AvgIpc) is 3.63. The van der Waals surface area contributed by atoms with E-state index >= 15 is 0 Å². The monoisotopic (exact) mass is 766 g/mol. The molecule has 0 spiro atoms. The highest BCUT2D eigenvalue weighted by Gasteiger charge is 2.47. The second-order valence-corrected chi connectivity index (χ2v) is 15.1. The maximum Gasteiger partial charge on any atom is 0.317 e. The molecule has 1 N–H and O–H groups in total. The van der Waals surface area contributed by atoms with Gasteiger partial charge in [0.2, 0.25) is 11.7 Å². The molecule has 13 heteroatoms. The topological polar surface area (TPSA) is 112 Å². The lowest BCUT2D eigenvalue weighted by Crippen LogP contribution is -2.58. The fraction of sp³-hybridized carbons (Fsp3) is 0.475. The summed E-state index contributed by atoms with van der Waals surface area (Å²) in [5.41, 5.74) is 1.50. The SMILES string of the molecule is COc1cc(C(=O)N2CC[C@](CCN3CCC(C(=O)N4CCN(CC(=O)O)CC4)(c4ccccc4)CC3)(c3ccc(Cl)c(Cl)c3)C2)cc(OC)c1OC. The van der Waals surface area contributed by atoms with Crippen molar-refractivity contribution in [3.63, 3.8) is 0 Å². The first kappa shape index (κ1) is 38.7. The molecule has 0 unspecified atom stereocenters. The van der Waals surface area contributed by atoms with Crippen LogP contribution in [0.1, 0.15) is 47.2 Å². The number of carboxylic acid groups (broad SMARTS) is 1. The van der Waals surface area contributed by atoms with E-state index in [2.05, 4.69) is 17.0 Å². The minimum Gasteiger partial charge on any atom is -0.493 e. The van der Waals surface area contributed by atoms with Gasteiger partial charge in [0.15, 0.2) is 11.5 Å². The molecular weight excluding hydrogens is 719 g/mol. The molecule has 0 aromatic heterocycles. The van der Waals surface area contributed by atoms with Gasteiger partial charge in [0.05, 0.1) is 43.3 Å². The van der Waals surface area contributed by atoms with Crippen LogP contribution in [0.5, 0.6) is 17.2 Å². The Morgan fingerprint density at radius 3 is 1.96 bits per heavy atom. The summed E-state index contributed by atoms with van der Waals surface area (Å²) in [6, 6.07) is 19.2. The Balaban J connectivity index is 1.19. The number of carbonyl (C=O) groups is 3. The van der Waals surface area contributed by atoms with Crippen LogP contribution < -0.4 is 14.2 Å². The van der Waals surface area contributed by atoms with Gasteiger partial charge in [0.25, 0.3) is 5.91 Å². The summed E-state index contributed by atoms with van der Waals surface area (Å²) in [6.45, 7) is 5.42. The van der Waals surface area contributed by atoms with Crippen LogP contribution in [-0.4, -0.2) is 129 Å². The fourth-order valence-electron chi connectivity index (χ4n) is 8.36. The molecule has 3 aliphatic rings. The van der Waals surface area contributed by atoms with Crippen molar-refractivity contribution in [3.8, 4) is 17.2 Å². The number of nitrogens with zero attached hydrogens (tertiary/aromatic N) is 4. The van der Waals surface area contributed by atoms with E-state index in [1.165, 1.54) is 21.3 Å². The minimum absolute atomic E-state index is 0.0125. The van der Waals surface area contributed by atoms with Gasteiger partial charge < -0.3 is 34.0 Å². The number of amides is 2. The van der Waals surface area contributed by atoms with E-state index in [4.69, 9.17) is 37.4 Å². The highest BCUT2D eigenvalue weighted by atomic mass is 35.5. The summed E-state index contributed by atoms with van der Waals surface area (Å²) >= 11 is 12.9. The van der Waals surface area contributed by atoms with Crippen LogP contribution in [0.15, 0.2) is 60.7 Å². The molecule has 53 heavy (non-hydrogen) atoms. The van der Waals surface area contributed by atoms with Crippen molar-refractivity contribution in [3.05, 3.63) is 87.4 Å². The maximum atomic E-state index is 14.4. The quantitative estimate of drug-likeness (QED) is 0.257. The molecule has 0 saturated carbocycles. The van der Waals surface area contributed by atoms with Crippen LogP contribution in [0.3, 0.4) is 0 Å². The van der Waals surface area contributed by atoms with Gasteiger partial charge in [-0.3, -0.25) is 19.3 Å². The number of rotatable bonds is 12. The number of hydrogen-bond acceptors (Lipinski definition) is 8. The third-order valence-electron chi connectivity index (χ3n) is 11.5. The molecule has 3 aliphatic heterocycles. The van der Waals surface area contributed by atoms with Crippen molar-refractivity contribution >= 4 is 41.0 Å². The highest BCUT2D eigenvalue weighted by Crippen LogP contribution is 2.44. The minimum atomic E-state index is -0.852. The van der Waals surface area contributed by atoms with E-state index in [1.807, 2.05) is 51.1 Å². The van der Waals surface area contributed by atoms with Gasteiger partial charge in [-0.1, -0.05) is 59.6 Å². The first-order valence-corrected chi connectivity index (χ1v) is 18.8. The number of piperazine rings is 1. The second-order valence-electron chi connectivity index (χ2n) is 14.3. The Hall–Kier alpha value is -4.03. The van der Waals surface area contributed by atoms with Crippen molar-refractivity contribution in [2.75, 3.05) is 86.8 Å². The molecule has 284 valence electrons. The Kier molecular flexibility index (Phi) is 12.1. The van der Waals surface area contributed by atoms with E-state index in [0.717, 1.165) is 43.6 Å². The van der Waals surface area contributed by atoms with Crippen molar-refractivity contribution < 1.29 is 33.7 Å². The second kappa shape index (κ2) is 16.5. The predicted octanol–water partition coefficient (Wildman–Crippen LogP) is 5.46. The van der Waals surface area contributed by atoms with Gasteiger partial charge >= 0.3 is 5.97 Å². The molecule has 2 amide bonds. The van der Waals surface area contributed by atoms with Crippen molar-refractivity contribution in [2.45, 2.75) is 36.5 Å². The normalized spacial score (nSPS) is 20.6. The number of carbonyl (C=O) groups excluding carboxylic acids is 2. The molecule has 6 rings (SSSR count). The van der Waals surface area contributed by atoms with Gasteiger partial charge in [-0.05, 0) is 80.7 Å². The zero-order chi connectivity index (χ0) is 37.8. The standard InChI is InChI=1S/C40H48Cl2N4O7/c1-51-33-23-28(24-34(52-2)36(33)53-3)37(49)46-18-12-39(27-46,30-9-10-31(41)32(42)25-30)11-15-43-16-13-40(14-17-43,29-7-5-4-6-8-29)38(50)45-21-19-44(20-22-45)26-35(47)48/h4-10,23-25H,11-22,26-27H2,1-3H3,(H,47,48)/t39-/m0/s1. The Bertz CT molecular complexity index is 1770. The summed E-state index contributed by atoms with van der Waals surface area (Å²) in [6.07, 6.45) is 2.88. The Morgan fingerprint density at radius 2 is 1.38 bits per heavy atom. The number of aliphatic carboxylic acids is 1. The largest absolute Gasteiger partial charge is 0.493 e. The lowest BCUT2D eigenvalue weighted by molar-refractivity contribution is -0.142. The summed E-state index contributed by atoms with van der Waals surface area (Å²) in [4.78, 5) is 47.8. The van der Waals surface area contributed by atoms with Crippen LogP contribution in [0.25, 0.3) is 0 Å². The summed E-state index contributed by atoms with van der Waals surface area (Å²) in [7, 11) is 4.59. The van der Waals surface area contributed by atoms with Gasteiger partial charge in [-0.25, -0.2) is 0 Å². The first-order valence-electron chi connectivity index (χ1n) is 18.1. The van der Waals surface area contributed by atoms with Gasteiger partial charge in [0.1, 0.15) is 0 Å². The van der Waals surface area contributed by atoms with Gasteiger partial charge in [-0.15, -0.1) is 0 Å². The van der Waals surface area contributed by atoms with E-state index in [-0.39, 0.29) is 23.8 Å². The maximum absolute atomic E-state index is 14.4. The summed E-state index contributed by atoms with van der Waals surface area (Å²) in [5.74, 6) is 0.410. The fourth-order valence-corrected chi connectivity index (χ4v) is 8.66. The van der Waals surface area contributed by atoms with Gasteiger partial charge in [0, 0.05) is 50.2 Å². The summed E-state index contributed by atoms with van der Waals surface area (Å²) < 4.78 is 16.5. The van der Waals surface area contributed by atoms with Crippen LogP contribution >= 0.6 is 23.2 Å². The Morgan fingerprint density at radius 1 is 0.717 bits per heavy atom. The molecule has 0 bridgehead atoms. The first-order chi connectivity index (χ1) is 25.5. The predicted molar refractivity (Wildman–Crippen MR) is 204 cm³/mol. The number of carboxylic acids is 1. The molecule has 3 fully saturated rings. The smallest absolute Gasteiger partial charge is 0.317 e. The molecule has 0 radical (unpaired) electrons. The van der Waals surface area contributed by atoms with Crippen molar-refractivity contribution in [2.24, 2.45) is 0 Å². The third kappa shape index (κ3) is 8.09. The molecule has 3 aromatic rings. The van der Waals surface area contributed by atoms with E-state index in [1.54, 1.807) is 12.1 Å². The zero-order valence-electron chi connectivity index (χ0n) is 30.6. The van der Waals surface area contributed by atoms with E-state index in [9.17, 15) is 19.5 Å². The van der Waals surface area contributed by atoms with Crippen molar-refractivity contribution in [1.82, 2.24) is 19.6 Å². The number of hydrogen-bond donors (Lipinski definition) is 1. The molecule has 0 aliphatic carbocycles. The molecule has 1 atom stereocenters. The number of benzene rings is 3. The number of ether oxygens (including phenoxy) is 3. The molecular formula is C40H48Cl2N4O7. The molecule has 3 heterocycles. The van der Waals surface area contributed by atoms with Crippen LogP contribution in [0.2, 0.25) is 10.0 Å². The molecule has 3 saturated heterocycles. The lowest BCUT2D eigenvalue weighted by Gasteiger charge is -2.46.